The predicted octanol–water partition coefficient (Wildman–Crippen LogP) is 0.636. The first kappa shape index (κ1) is 15.8. The molecule has 24 heavy (non-hydrogen) atoms. The number of rotatable bonds is 4. The second kappa shape index (κ2) is 5.66. The number of carbonyl (C=O) groups is 1. The molecular formula is C15H17N3O4S2. The van der Waals surface area contributed by atoms with Gasteiger partial charge in [-0.25, -0.2) is 13.4 Å². The molecule has 2 fully saturated rings. The molecule has 1 aliphatic heterocycles. The third-order valence-corrected chi connectivity index (χ3v) is 7.16. The number of nitrogens with zero attached hydrogens (tertiary/aromatic N) is 3. The number of aromatic nitrogens is 2. The summed E-state index contributed by atoms with van der Waals surface area (Å²) in [5.74, 6) is -0.0271. The Morgan fingerprint density at radius 1 is 1.33 bits per heavy atom. The largest absolute Gasteiger partial charge is 0.334 e. The Bertz CT molecular complexity index is 958. The highest BCUT2D eigenvalue weighted by Gasteiger charge is 2.42. The van der Waals surface area contributed by atoms with E-state index >= 15 is 0 Å². The highest BCUT2D eigenvalue weighted by atomic mass is 32.2. The zero-order valence-corrected chi connectivity index (χ0v) is 14.6. The van der Waals surface area contributed by atoms with Gasteiger partial charge in [-0.2, -0.15) is 0 Å². The van der Waals surface area contributed by atoms with Gasteiger partial charge in [0.25, 0.3) is 5.56 Å². The first-order valence-corrected chi connectivity index (χ1v) is 10.6. The lowest BCUT2D eigenvalue weighted by Crippen LogP contribution is -2.45. The average Bonchev–Trinajstić information content (AvgIpc) is 3.11. The molecule has 0 spiro atoms. The molecule has 9 heteroatoms. The van der Waals surface area contributed by atoms with E-state index in [2.05, 4.69) is 4.98 Å². The van der Waals surface area contributed by atoms with Gasteiger partial charge in [0, 0.05) is 12.1 Å². The summed E-state index contributed by atoms with van der Waals surface area (Å²) in [6.45, 7) is -0.0926. The minimum absolute atomic E-state index is 0.0337. The van der Waals surface area contributed by atoms with E-state index in [1.807, 2.05) is 0 Å². The van der Waals surface area contributed by atoms with Gasteiger partial charge in [-0.05, 0) is 30.7 Å². The molecule has 0 unspecified atom stereocenters. The minimum Gasteiger partial charge on any atom is -0.334 e. The Morgan fingerprint density at radius 2 is 2.12 bits per heavy atom. The summed E-state index contributed by atoms with van der Waals surface area (Å²) in [5.41, 5.74) is -0.232. The molecule has 1 saturated heterocycles. The first-order chi connectivity index (χ1) is 11.4. The molecule has 2 aliphatic rings. The molecule has 0 radical (unpaired) electrons. The zero-order chi connectivity index (χ0) is 16.9. The molecule has 1 aliphatic carbocycles. The quantitative estimate of drug-likeness (QED) is 0.791. The van der Waals surface area contributed by atoms with Gasteiger partial charge < -0.3 is 4.90 Å². The second-order valence-corrected chi connectivity index (χ2v) is 9.53. The maximum Gasteiger partial charge on any atom is 0.262 e. The summed E-state index contributed by atoms with van der Waals surface area (Å²) in [4.78, 5) is 31.8. The van der Waals surface area contributed by atoms with E-state index in [1.165, 1.54) is 22.2 Å². The van der Waals surface area contributed by atoms with Gasteiger partial charge in [-0.3, -0.25) is 14.2 Å². The molecule has 0 aromatic carbocycles. The molecule has 1 amide bonds. The van der Waals surface area contributed by atoms with Crippen molar-refractivity contribution in [1.82, 2.24) is 14.5 Å². The van der Waals surface area contributed by atoms with Crippen LogP contribution >= 0.6 is 11.3 Å². The summed E-state index contributed by atoms with van der Waals surface area (Å²) in [6, 6.07) is 1.56. The van der Waals surface area contributed by atoms with E-state index in [9.17, 15) is 18.0 Å². The Balaban J connectivity index is 1.59. The maximum absolute atomic E-state index is 12.8. The van der Waals surface area contributed by atoms with E-state index in [4.69, 9.17) is 0 Å². The van der Waals surface area contributed by atoms with Crippen LogP contribution in [0.5, 0.6) is 0 Å². The van der Waals surface area contributed by atoms with Gasteiger partial charge in [-0.15, -0.1) is 11.3 Å². The van der Waals surface area contributed by atoms with Crippen molar-refractivity contribution in [3.05, 3.63) is 28.1 Å². The lowest BCUT2D eigenvalue weighted by Gasteiger charge is -2.28. The fraction of sp³-hybridized carbons (Fsp3) is 0.533. The molecule has 3 heterocycles. The van der Waals surface area contributed by atoms with Gasteiger partial charge in [0.15, 0.2) is 9.84 Å². The molecular weight excluding hydrogens is 350 g/mol. The summed E-state index contributed by atoms with van der Waals surface area (Å²) in [7, 11) is -3.06. The number of hydrogen-bond acceptors (Lipinski definition) is 6. The zero-order valence-electron chi connectivity index (χ0n) is 12.9. The van der Waals surface area contributed by atoms with Crippen molar-refractivity contribution in [2.24, 2.45) is 0 Å². The van der Waals surface area contributed by atoms with Crippen molar-refractivity contribution in [1.29, 1.82) is 0 Å². The highest BCUT2D eigenvalue weighted by Crippen LogP contribution is 2.32. The van der Waals surface area contributed by atoms with Crippen molar-refractivity contribution in [3.63, 3.8) is 0 Å². The van der Waals surface area contributed by atoms with E-state index in [0.29, 0.717) is 16.6 Å². The maximum atomic E-state index is 12.8. The van der Waals surface area contributed by atoms with Crippen molar-refractivity contribution >= 4 is 37.3 Å². The third-order valence-electron chi connectivity index (χ3n) is 4.59. The van der Waals surface area contributed by atoms with Crippen LogP contribution in [0, 0.1) is 0 Å². The molecule has 2 aromatic heterocycles. The van der Waals surface area contributed by atoms with Crippen LogP contribution in [-0.2, 0) is 21.2 Å². The molecule has 0 N–H and O–H groups in total. The Kier molecular flexibility index (Phi) is 3.72. The highest BCUT2D eigenvalue weighted by molar-refractivity contribution is 7.91. The molecule has 1 atom stereocenters. The van der Waals surface area contributed by atoms with Crippen molar-refractivity contribution in [2.75, 3.05) is 11.5 Å². The number of carbonyl (C=O) groups excluding carboxylic acids is 1. The van der Waals surface area contributed by atoms with E-state index in [0.717, 1.165) is 12.8 Å². The second-order valence-electron chi connectivity index (χ2n) is 6.41. The molecule has 0 bridgehead atoms. The van der Waals surface area contributed by atoms with Crippen molar-refractivity contribution < 1.29 is 13.2 Å². The van der Waals surface area contributed by atoms with Crippen LogP contribution in [0.4, 0.5) is 0 Å². The summed E-state index contributed by atoms with van der Waals surface area (Å²) in [5, 5.41) is 2.31. The molecule has 4 rings (SSSR count). The normalized spacial score (nSPS) is 22.8. The number of amides is 1. The SMILES string of the molecule is O=C(Cn1cnc2sccc2c1=O)N(C1CC1)[C@@H]1CCS(=O)(=O)C1. The molecule has 1 saturated carbocycles. The fourth-order valence-electron chi connectivity index (χ4n) is 3.29. The topological polar surface area (TPSA) is 89.3 Å². The Labute approximate surface area is 142 Å². The molecule has 7 nitrogen and oxygen atoms in total. The number of thiophene rings is 1. The molecule has 128 valence electrons. The number of sulfone groups is 1. The fourth-order valence-corrected chi connectivity index (χ4v) is 5.72. The van der Waals surface area contributed by atoms with Crippen LogP contribution < -0.4 is 5.56 Å². The average molecular weight is 367 g/mol. The van der Waals surface area contributed by atoms with Crippen LogP contribution in [0.3, 0.4) is 0 Å². The molecule has 2 aromatic rings. The van der Waals surface area contributed by atoms with Gasteiger partial charge in [-0.1, -0.05) is 0 Å². The minimum atomic E-state index is -3.06. The van der Waals surface area contributed by atoms with Crippen LogP contribution in [-0.4, -0.2) is 52.4 Å². The summed E-state index contributed by atoms with van der Waals surface area (Å²) < 4.78 is 24.8. The van der Waals surface area contributed by atoms with Crippen molar-refractivity contribution in [3.8, 4) is 0 Å². The first-order valence-electron chi connectivity index (χ1n) is 7.89. The smallest absolute Gasteiger partial charge is 0.262 e. The lowest BCUT2D eigenvalue weighted by molar-refractivity contribution is -0.134. The van der Waals surface area contributed by atoms with Gasteiger partial charge >= 0.3 is 0 Å². The Morgan fingerprint density at radius 3 is 2.79 bits per heavy atom. The van der Waals surface area contributed by atoms with E-state index in [-0.39, 0.29) is 41.6 Å². The van der Waals surface area contributed by atoms with Crippen LogP contribution in [0.2, 0.25) is 0 Å². The van der Waals surface area contributed by atoms with Crippen LogP contribution in [0.15, 0.2) is 22.6 Å². The van der Waals surface area contributed by atoms with Gasteiger partial charge in [0.1, 0.15) is 11.4 Å². The number of hydrogen-bond donors (Lipinski definition) is 0. The number of fused-ring (bicyclic) bond motifs is 1. The van der Waals surface area contributed by atoms with E-state index < -0.39 is 9.84 Å². The van der Waals surface area contributed by atoms with E-state index in [1.54, 1.807) is 16.3 Å². The Hall–Kier alpha value is -1.74. The van der Waals surface area contributed by atoms with Gasteiger partial charge in [0.2, 0.25) is 5.91 Å². The predicted molar refractivity (Wildman–Crippen MR) is 90.8 cm³/mol. The van der Waals surface area contributed by atoms with Crippen LogP contribution in [0.25, 0.3) is 10.2 Å². The third kappa shape index (κ3) is 2.86. The summed E-state index contributed by atoms with van der Waals surface area (Å²) >= 11 is 1.38. The van der Waals surface area contributed by atoms with Crippen LogP contribution in [0.1, 0.15) is 19.3 Å². The monoisotopic (exact) mass is 367 g/mol. The standard InChI is InChI=1S/C15H17N3O4S2/c19-13(7-17-9-16-14-12(15(17)20)3-5-23-14)18(10-1-2-10)11-4-6-24(21,22)8-11/h3,5,9-11H,1-2,4,6-8H2/t11-/m1/s1. The lowest BCUT2D eigenvalue weighted by atomic mass is 10.2. The van der Waals surface area contributed by atoms with Crippen molar-refractivity contribution in [2.45, 2.75) is 37.9 Å². The summed E-state index contributed by atoms with van der Waals surface area (Å²) in [6.07, 6.45) is 3.69. The van der Waals surface area contributed by atoms with Gasteiger partial charge in [0.05, 0.1) is 23.2 Å².